The van der Waals surface area contributed by atoms with E-state index in [0.29, 0.717) is 25.3 Å². The van der Waals surface area contributed by atoms with Gasteiger partial charge in [0.05, 0.1) is 16.3 Å². The van der Waals surface area contributed by atoms with Crippen LogP contribution in [-0.4, -0.2) is 12.1 Å². The molecule has 0 radical (unpaired) electrons. The summed E-state index contributed by atoms with van der Waals surface area (Å²) in [4.78, 5) is 12.6. The summed E-state index contributed by atoms with van der Waals surface area (Å²) in [5, 5.41) is 5.78. The summed E-state index contributed by atoms with van der Waals surface area (Å²) in [5.41, 5.74) is 3.34. The minimum atomic E-state index is -0.393. The molecule has 0 aliphatic rings. The van der Waals surface area contributed by atoms with Crippen LogP contribution in [0, 0.1) is 0 Å². The number of nitrogens with one attached hydrogen (secondary N) is 1. The molecule has 0 atom stereocenters. The molecule has 1 aromatic heterocycles. The molecule has 0 fully saturated rings. The Morgan fingerprint density at radius 1 is 1.13 bits per heavy atom. The van der Waals surface area contributed by atoms with E-state index in [-0.39, 0.29) is 0 Å². The quantitative estimate of drug-likeness (QED) is 0.462. The van der Waals surface area contributed by atoms with Crippen LogP contribution in [0.15, 0.2) is 47.6 Å². The minimum absolute atomic E-state index is 0.305. The summed E-state index contributed by atoms with van der Waals surface area (Å²) in [6.07, 6.45) is 1.56. The molecule has 3 rings (SSSR count). The van der Waals surface area contributed by atoms with Gasteiger partial charge in [0.2, 0.25) is 0 Å². The largest absolute Gasteiger partial charge is 0.283 e. The smallest absolute Gasteiger partial charge is 0.266 e. The molecule has 23 heavy (non-hydrogen) atoms. The number of hydrazone groups is 1. The SMILES string of the molecule is O=C(N/N=C/c1ccccc1)c1sc2cc(Cl)cc(Cl)c2c1Cl. The van der Waals surface area contributed by atoms with Gasteiger partial charge in [-0.25, -0.2) is 5.43 Å². The summed E-state index contributed by atoms with van der Waals surface area (Å²) in [6, 6.07) is 12.8. The van der Waals surface area contributed by atoms with Gasteiger partial charge >= 0.3 is 0 Å². The van der Waals surface area contributed by atoms with Gasteiger partial charge in [0, 0.05) is 15.1 Å². The lowest BCUT2D eigenvalue weighted by Crippen LogP contribution is -2.16. The second kappa shape index (κ2) is 6.89. The number of nitrogens with zero attached hydrogens (tertiary/aromatic N) is 1. The van der Waals surface area contributed by atoms with E-state index in [2.05, 4.69) is 10.5 Å². The lowest BCUT2D eigenvalue weighted by molar-refractivity contribution is 0.0959. The van der Waals surface area contributed by atoms with Crippen molar-refractivity contribution in [2.24, 2.45) is 5.10 Å². The maximum Gasteiger partial charge on any atom is 0.283 e. The molecule has 116 valence electrons. The fourth-order valence-corrected chi connectivity index (χ4v) is 4.28. The number of fused-ring (bicyclic) bond motifs is 1. The highest BCUT2D eigenvalue weighted by Crippen LogP contribution is 2.41. The van der Waals surface area contributed by atoms with E-state index in [1.807, 2.05) is 30.3 Å². The topological polar surface area (TPSA) is 41.5 Å². The highest BCUT2D eigenvalue weighted by atomic mass is 35.5. The molecule has 0 spiro atoms. The Labute approximate surface area is 151 Å². The molecule has 0 saturated heterocycles. The predicted molar refractivity (Wildman–Crippen MR) is 98.4 cm³/mol. The minimum Gasteiger partial charge on any atom is -0.266 e. The standard InChI is InChI=1S/C16H9Cl3N2OS/c17-10-6-11(18)13-12(7-10)23-15(14(13)19)16(22)21-20-8-9-4-2-1-3-5-9/h1-8H,(H,21,22)/b20-8+. The number of rotatable bonds is 3. The van der Waals surface area contributed by atoms with Crippen LogP contribution in [0.5, 0.6) is 0 Å². The van der Waals surface area contributed by atoms with Crippen molar-refractivity contribution in [1.29, 1.82) is 0 Å². The third kappa shape index (κ3) is 3.51. The molecule has 0 saturated carbocycles. The predicted octanol–water partition coefficient (Wildman–Crippen LogP) is 5.63. The summed E-state index contributed by atoms with van der Waals surface area (Å²) < 4.78 is 0.754. The fourth-order valence-electron chi connectivity index (χ4n) is 2.01. The van der Waals surface area contributed by atoms with Crippen molar-refractivity contribution >= 4 is 68.3 Å². The van der Waals surface area contributed by atoms with Crippen LogP contribution in [0.25, 0.3) is 10.1 Å². The van der Waals surface area contributed by atoms with E-state index in [4.69, 9.17) is 34.8 Å². The number of hydrogen-bond acceptors (Lipinski definition) is 3. The van der Waals surface area contributed by atoms with Crippen LogP contribution in [0.2, 0.25) is 15.1 Å². The Bertz CT molecular complexity index is 907. The Balaban J connectivity index is 1.85. The molecule has 0 aliphatic carbocycles. The molecular weight excluding hydrogens is 375 g/mol. The number of benzene rings is 2. The normalized spacial score (nSPS) is 11.3. The van der Waals surface area contributed by atoms with E-state index in [1.165, 1.54) is 11.3 Å². The number of amides is 1. The maximum atomic E-state index is 12.2. The first-order valence-corrected chi connectivity index (χ1v) is 8.47. The summed E-state index contributed by atoms with van der Waals surface area (Å²) >= 11 is 19.6. The average molecular weight is 384 g/mol. The van der Waals surface area contributed by atoms with Gasteiger partial charge in [-0.05, 0) is 17.7 Å². The molecule has 1 amide bonds. The van der Waals surface area contributed by atoms with Crippen molar-refractivity contribution in [3.05, 3.63) is 68.0 Å². The van der Waals surface area contributed by atoms with Gasteiger partial charge in [0.25, 0.3) is 5.91 Å². The van der Waals surface area contributed by atoms with Crippen LogP contribution in [-0.2, 0) is 0 Å². The van der Waals surface area contributed by atoms with Gasteiger partial charge in [0.1, 0.15) is 4.88 Å². The van der Waals surface area contributed by atoms with Crippen LogP contribution in [0.3, 0.4) is 0 Å². The van der Waals surface area contributed by atoms with Crippen LogP contribution >= 0.6 is 46.1 Å². The van der Waals surface area contributed by atoms with Gasteiger partial charge in [-0.15, -0.1) is 11.3 Å². The fraction of sp³-hybridized carbons (Fsp3) is 0. The Morgan fingerprint density at radius 2 is 1.87 bits per heavy atom. The molecule has 3 aromatic rings. The van der Waals surface area contributed by atoms with Gasteiger partial charge < -0.3 is 0 Å². The highest BCUT2D eigenvalue weighted by Gasteiger charge is 2.19. The van der Waals surface area contributed by atoms with E-state index in [9.17, 15) is 4.79 Å². The zero-order chi connectivity index (χ0) is 16.4. The number of thiophene rings is 1. The van der Waals surface area contributed by atoms with Gasteiger partial charge in [-0.2, -0.15) is 5.10 Å². The molecule has 2 aromatic carbocycles. The van der Waals surface area contributed by atoms with Crippen molar-refractivity contribution in [3.8, 4) is 0 Å². The number of hydrogen-bond donors (Lipinski definition) is 1. The van der Waals surface area contributed by atoms with Crippen LogP contribution < -0.4 is 5.43 Å². The van der Waals surface area contributed by atoms with Crippen molar-refractivity contribution in [1.82, 2.24) is 5.43 Å². The monoisotopic (exact) mass is 382 g/mol. The zero-order valence-electron chi connectivity index (χ0n) is 11.5. The lowest BCUT2D eigenvalue weighted by atomic mass is 10.2. The van der Waals surface area contributed by atoms with Gasteiger partial charge in [0.15, 0.2) is 0 Å². The molecule has 1 N–H and O–H groups in total. The summed E-state index contributed by atoms with van der Waals surface area (Å²) in [7, 11) is 0. The Morgan fingerprint density at radius 3 is 2.61 bits per heavy atom. The number of carbonyl (C=O) groups is 1. The van der Waals surface area contributed by atoms with E-state index >= 15 is 0 Å². The Hall–Kier alpha value is -1.59. The first-order valence-electron chi connectivity index (χ1n) is 6.52. The third-order valence-electron chi connectivity index (χ3n) is 3.04. The number of carbonyl (C=O) groups excluding carboxylic acids is 1. The van der Waals surface area contributed by atoms with Crippen molar-refractivity contribution in [2.75, 3.05) is 0 Å². The highest BCUT2D eigenvalue weighted by molar-refractivity contribution is 7.21. The third-order valence-corrected chi connectivity index (χ3v) is 5.18. The van der Waals surface area contributed by atoms with E-state index in [0.717, 1.165) is 10.3 Å². The van der Waals surface area contributed by atoms with Crippen LogP contribution in [0.4, 0.5) is 0 Å². The van der Waals surface area contributed by atoms with Crippen molar-refractivity contribution in [3.63, 3.8) is 0 Å². The second-order valence-corrected chi connectivity index (χ2v) is 6.89. The lowest BCUT2D eigenvalue weighted by Gasteiger charge is -1.98. The molecule has 1 heterocycles. The summed E-state index contributed by atoms with van der Waals surface area (Å²) in [5.74, 6) is -0.393. The molecular formula is C16H9Cl3N2OS. The average Bonchev–Trinajstić information content (AvgIpc) is 2.85. The zero-order valence-corrected chi connectivity index (χ0v) is 14.6. The molecule has 0 bridgehead atoms. The van der Waals surface area contributed by atoms with Crippen molar-refractivity contribution in [2.45, 2.75) is 0 Å². The van der Waals surface area contributed by atoms with Gasteiger partial charge in [-0.3, -0.25) is 4.79 Å². The molecule has 0 unspecified atom stereocenters. The Kier molecular flexibility index (Phi) is 4.87. The van der Waals surface area contributed by atoms with E-state index < -0.39 is 5.91 Å². The molecule has 3 nitrogen and oxygen atoms in total. The number of halogens is 3. The maximum absolute atomic E-state index is 12.2. The van der Waals surface area contributed by atoms with Crippen LogP contribution in [0.1, 0.15) is 15.2 Å². The van der Waals surface area contributed by atoms with Crippen molar-refractivity contribution < 1.29 is 4.79 Å². The first kappa shape index (κ1) is 16.3. The first-order chi connectivity index (χ1) is 11.1. The van der Waals surface area contributed by atoms with Gasteiger partial charge in [-0.1, -0.05) is 65.1 Å². The summed E-state index contributed by atoms with van der Waals surface area (Å²) in [6.45, 7) is 0. The van der Waals surface area contributed by atoms with E-state index in [1.54, 1.807) is 18.3 Å². The molecule has 0 aliphatic heterocycles. The molecule has 7 heteroatoms. The second-order valence-electron chi connectivity index (χ2n) is 4.62.